The highest BCUT2D eigenvalue weighted by atomic mass is 19.3. The van der Waals surface area contributed by atoms with Gasteiger partial charge in [0.15, 0.2) is 5.82 Å². The molecule has 160 valence electrons. The number of fused-ring (bicyclic) bond motifs is 1. The molecule has 0 saturated carbocycles. The fraction of sp³-hybridized carbons (Fsp3) is 0.478. The number of anilines is 1. The van der Waals surface area contributed by atoms with Crippen LogP contribution < -0.4 is 5.32 Å². The highest BCUT2D eigenvalue weighted by Gasteiger charge is 2.27. The van der Waals surface area contributed by atoms with Gasteiger partial charge in [-0.2, -0.15) is 8.78 Å². The van der Waals surface area contributed by atoms with Gasteiger partial charge in [-0.3, -0.25) is 0 Å². The summed E-state index contributed by atoms with van der Waals surface area (Å²) in [6.45, 7) is 9.31. The monoisotopic (exact) mass is 414 g/mol. The molecule has 0 unspecified atom stereocenters. The van der Waals surface area contributed by atoms with E-state index in [0.29, 0.717) is 34.8 Å². The number of aromatic hydroxyl groups is 1. The number of allylic oxidation sites excluding steroid dienone is 1. The van der Waals surface area contributed by atoms with Crippen molar-refractivity contribution in [2.75, 3.05) is 25.0 Å². The van der Waals surface area contributed by atoms with E-state index in [9.17, 15) is 13.9 Å². The first-order valence-electron chi connectivity index (χ1n) is 10.6. The minimum atomic E-state index is -1.67. The van der Waals surface area contributed by atoms with E-state index in [1.807, 2.05) is 13.8 Å². The molecule has 2 aromatic rings. The molecule has 0 spiro atoms. The van der Waals surface area contributed by atoms with Crippen LogP contribution in [0.1, 0.15) is 48.4 Å². The Hall–Kier alpha value is -2.54. The average Bonchev–Trinajstić information content (AvgIpc) is 3.18. The van der Waals surface area contributed by atoms with Gasteiger partial charge in [-0.15, -0.1) is 10.2 Å². The first kappa shape index (κ1) is 20.7. The van der Waals surface area contributed by atoms with E-state index in [1.54, 1.807) is 12.1 Å². The number of likely N-dealkylation sites (N-methyl/N-ethyl adjacent to an activating group) is 1. The molecule has 7 heteroatoms. The number of phenols is 1. The zero-order valence-corrected chi connectivity index (χ0v) is 17.7. The Labute approximate surface area is 175 Å². The van der Waals surface area contributed by atoms with Crippen molar-refractivity contribution in [3.63, 3.8) is 0 Å². The number of halogens is 2. The van der Waals surface area contributed by atoms with Crippen molar-refractivity contribution < 1.29 is 13.9 Å². The number of hydrogen-bond acceptors (Lipinski definition) is 5. The van der Waals surface area contributed by atoms with Crippen molar-refractivity contribution in [2.45, 2.75) is 52.5 Å². The van der Waals surface area contributed by atoms with Gasteiger partial charge in [-0.1, -0.05) is 13.0 Å². The van der Waals surface area contributed by atoms with Gasteiger partial charge in [0.1, 0.15) is 5.75 Å². The smallest absolute Gasteiger partial charge is 0.274 e. The Kier molecular flexibility index (Phi) is 5.73. The van der Waals surface area contributed by atoms with Gasteiger partial charge >= 0.3 is 0 Å². The maximum absolute atomic E-state index is 13.1. The van der Waals surface area contributed by atoms with E-state index in [-0.39, 0.29) is 17.7 Å². The summed E-state index contributed by atoms with van der Waals surface area (Å²) in [4.78, 5) is 2.43. The van der Waals surface area contributed by atoms with Gasteiger partial charge in [0.05, 0.1) is 5.69 Å². The summed E-state index contributed by atoms with van der Waals surface area (Å²) in [5.74, 6) is 0.803. The van der Waals surface area contributed by atoms with Gasteiger partial charge in [0, 0.05) is 29.3 Å². The van der Waals surface area contributed by atoms with Crippen molar-refractivity contribution >= 4 is 11.4 Å². The number of phenolic OH excluding ortho intramolecular Hbond substituents is 1. The SMILES string of the molecule is CCN1CCC[C@@H](Nc2nnc(-c3ccc4c(c3O)CCC4=C(F)F)c(C)c2C)C1. The lowest BCUT2D eigenvalue weighted by atomic mass is 9.97. The van der Waals surface area contributed by atoms with Crippen molar-refractivity contribution in [2.24, 2.45) is 0 Å². The minimum absolute atomic E-state index is 0.0268. The van der Waals surface area contributed by atoms with Crippen LogP contribution in [0.4, 0.5) is 14.6 Å². The van der Waals surface area contributed by atoms with Gasteiger partial charge in [-0.25, -0.2) is 0 Å². The van der Waals surface area contributed by atoms with Gasteiger partial charge < -0.3 is 15.3 Å². The second-order valence-corrected chi connectivity index (χ2v) is 8.25. The van der Waals surface area contributed by atoms with E-state index in [4.69, 9.17) is 0 Å². The van der Waals surface area contributed by atoms with Gasteiger partial charge in [0.2, 0.25) is 0 Å². The van der Waals surface area contributed by atoms with E-state index in [1.165, 1.54) is 0 Å². The topological polar surface area (TPSA) is 61.3 Å². The first-order chi connectivity index (χ1) is 14.4. The lowest BCUT2D eigenvalue weighted by molar-refractivity contribution is 0.226. The molecule has 1 aromatic carbocycles. The second-order valence-electron chi connectivity index (χ2n) is 8.25. The molecule has 1 fully saturated rings. The summed E-state index contributed by atoms with van der Waals surface area (Å²) in [5.41, 5.74) is 4.09. The van der Waals surface area contributed by atoms with Crippen LogP contribution in [-0.4, -0.2) is 45.9 Å². The van der Waals surface area contributed by atoms with Crippen LogP contribution in [0.25, 0.3) is 16.8 Å². The zero-order chi connectivity index (χ0) is 21.4. The molecule has 1 aliphatic carbocycles. The highest BCUT2D eigenvalue weighted by molar-refractivity contribution is 5.82. The van der Waals surface area contributed by atoms with Crippen LogP contribution in [0.3, 0.4) is 0 Å². The summed E-state index contributed by atoms with van der Waals surface area (Å²) < 4.78 is 26.3. The largest absolute Gasteiger partial charge is 0.507 e. The fourth-order valence-corrected chi connectivity index (χ4v) is 4.60. The number of nitrogens with zero attached hydrogens (tertiary/aromatic N) is 3. The number of benzene rings is 1. The van der Waals surface area contributed by atoms with Crippen molar-refractivity contribution in [3.05, 3.63) is 40.5 Å². The summed E-state index contributed by atoms with van der Waals surface area (Å²) in [5, 5.41) is 23.2. The van der Waals surface area contributed by atoms with E-state index < -0.39 is 6.08 Å². The molecule has 1 aromatic heterocycles. The lowest BCUT2D eigenvalue weighted by Crippen LogP contribution is -2.42. The van der Waals surface area contributed by atoms with Crippen LogP contribution in [0.2, 0.25) is 0 Å². The average molecular weight is 415 g/mol. The maximum atomic E-state index is 13.1. The van der Waals surface area contributed by atoms with Crippen LogP contribution >= 0.6 is 0 Å². The Balaban J connectivity index is 1.64. The predicted octanol–water partition coefficient (Wildman–Crippen LogP) is 4.92. The van der Waals surface area contributed by atoms with Crippen molar-refractivity contribution in [1.82, 2.24) is 15.1 Å². The van der Waals surface area contributed by atoms with Crippen molar-refractivity contribution in [1.29, 1.82) is 0 Å². The Morgan fingerprint density at radius 2 is 1.93 bits per heavy atom. The van der Waals surface area contributed by atoms with E-state index in [0.717, 1.165) is 49.4 Å². The minimum Gasteiger partial charge on any atom is -0.507 e. The first-order valence-corrected chi connectivity index (χ1v) is 10.6. The number of piperidine rings is 1. The van der Waals surface area contributed by atoms with Crippen LogP contribution in [0, 0.1) is 13.8 Å². The summed E-state index contributed by atoms with van der Waals surface area (Å²) in [6.07, 6.45) is 1.24. The number of nitrogens with one attached hydrogen (secondary N) is 1. The number of rotatable bonds is 4. The molecule has 0 bridgehead atoms. The van der Waals surface area contributed by atoms with E-state index >= 15 is 0 Å². The third kappa shape index (κ3) is 3.67. The van der Waals surface area contributed by atoms with E-state index in [2.05, 4.69) is 27.3 Å². The predicted molar refractivity (Wildman–Crippen MR) is 115 cm³/mol. The molecule has 4 rings (SSSR count). The van der Waals surface area contributed by atoms with Crippen LogP contribution in [0.5, 0.6) is 5.75 Å². The third-order valence-corrected chi connectivity index (χ3v) is 6.53. The molecule has 1 saturated heterocycles. The molecular formula is C23H28F2N4O. The maximum Gasteiger partial charge on any atom is 0.274 e. The summed E-state index contributed by atoms with van der Waals surface area (Å²) in [7, 11) is 0. The Morgan fingerprint density at radius 1 is 1.17 bits per heavy atom. The van der Waals surface area contributed by atoms with Gasteiger partial charge in [0.25, 0.3) is 6.08 Å². The van der Waals surface area contributed by atoms with Crippen LogP contribution in [0.15, 0.2) is 18.2 Å². The molecule has 2 N–H and O–H groups in total. The second kappa shape index (κ2) is 8.30. The molecule has 0 radical (unpaired) electrons. The molecule has 2 heterocycles. The normalized spacial score (nSPS) is 19.1. The zero-order valence-electron chi connectivity index (χ0n) is 17.7. The standard InChI is InChI=1S/C23H28F2N4O/c1-4-29-11-5-6-15(12-29)26-23-14(3)13(2)20(27-28-23)19-10-7-16-17(21(19)30)8-9-18(16)22(24)25/h7,10,15,30H,4-6,8-9,11-12H2,1-3H3,(H,26,28)/t15-/m1/s1. The Morgan fingerprint density at radius 3 is 2.67 bits per heavy atom. The highest BCUT2D eigenvalue weighted by Crippen LogP contribution is 2.44. The third-order valence-electron chi connectivity index (χ3n) is 6.53. The number of aromatic nitrogens is 2. The van der Waals surface area contributed by atoms with Gasteiger partial charge in [-0.05, 0) is 75.4 Å². The lowest BCUT2D eigenvalue weighted by Gasteiger charge is -2.32. The number of hydrogen-bond donors (Lipinski definition) is 2. The summed E-state index contributed by atoms with van der Waals surface area (Å²) in [6, 6.07) is 3.67. The molecule has 2 aliphatic rings. The molecule has 1 atom stereocenters. The van der Waals surface area contributed by atoms with Crippen LogP contribution in [-0.2, 0) is 6.42 Å². The Bertz CT molecular complexity index is 1000. The molecular weight excluding hydrogens is 386 g/mol. The summed E-state index contributed by atoms with van der Waals surface area (Å²) >= 11 is 0. The fourth-order valence-electron chi connectivity index (χ4n) is 4.60. The van der Waals surface area contributed by atoms with Crippen molar-refractivity contribution in [3.8, 4) is 17.0 Å². The molecule has 1 aliphatic heterocycles. The molecule has 0 amide bonds. The molecule has 5 nitrogen and oxygen atoms in total. The quantitative estimate of drug-likeness (QED) is 0.744. The molecule has 30 heavy (non-hydrogen) atoms. The number of likely N-dealkylation sites (tertiary alicyclic amines) is 1.